The summed E-state index contributed by atoms with van der Waals surface area (Å²) in [5.74, 6) is -0.0893. The Morgan fingerprint density at radius 1 is 1.19 bits per heavy atom. The highest BCUT2D eigenvalue weighted by molar-refractivity contribution is 7.10. The minimum atomic E-state index is -0.138. The van der Waals surface area contributed by atoms with Crippen molar-refractivity contribution in [1.29, 1.82) is 0 Å². The number of nitrogens with one attached hydrogen (secondary N) is 1. The predicted molar refractivity (Wildman–Crippen MR) is 101 cm³/mol. The fourth-order valence-electron chi connectivity index (χ4n) is 3.09. The number of carbonyl (C=O) groups is 2. The van der Waals surface area contributed by atoms with E-state index < -0.39 is 0 Å². The lowest BCUT2D eigenvalue weighted by molar-refractivity contribution is -0.114. The van der Waals surface area contributed by atoms with Gasteiger partial charge in [-0.3, -0.25) is 9.59 Å². The van der Waals surface area contributed by atoms with Crippen LogP contribution in [0, 0.1) is 0 Å². The molecule has 2 amide bonds. The Labute approximate surface area is 155 Å². The third-order valence-corrected chi connectivity index (χ3v) is 5.40. The quantitative estimate of drug-likeness (QED) is 0.775. The molecule has 0 unspecified atom stereocenters. The van der Waals surface area contributed by atoms with Crippen LogP contribution in [0.3, 0.4) is 0 Å². The SMILES string of the molecule is CC(=O)Nc1cnn(-c2ccc(C(=O)N3CCc4sccc4C3)cc2)c1. The van der Waals surface area contributed by atoms with Gasteiger partial charge in [0.15, 0.2) is 0 Å². The number of amides is 2. The molecule has 0 saturated carbocycles. The first kappa shape index (κ1) is 16.5. The van der Waals surface area contributed by atoms with E-state index in [0.29, 0.717) is 17.8 Å². The average Bonchev–Trinajstić information content (AvgIpc) is 3.29. The van der Waals surface area contributed by atoms with Gasteiger partial charge in [0.2, 0.25) is 5.91 Å². The Morgan fingerprint density at radius 2 is 2.00 bits per heavy atom. The summed E-state index contributed by atoms with van der Waals surface area (Å²) < 4.78 is 1.66. The third-order valence-electron chi connectivity index (χ3n) is 4.38. The van der Waals surface area contributed by atoms with E-state index in [2.05, 4.69) is 21.9 Å². The van der Waals surface area contributed by atoms with E-state index in [-0.39, 0.29) is 11.8 Å². The minimum Gasteiger partial charge on any atom is -0.334 e. The van der Waals surface area contributed by atoms with Crippen LogP contribution in [0.5, 0.6) is 0 Å². The fraction of sp³-hybridized carbons (Fsp3) is 0.211. The number of thiophene rings is 1. The van der Waals surface area contributed by atoms with Crippen molar-refractivity contribution in [3.05, 3.63) is 64.1 Å². The zero-order chi connectivity index (χ0) is 18.1. The predicted octanol–water partition coefficient (Wildman–Crippen LogP) is 3.09. The molecule has 7 heteroatoms. The molecule has 0 bridgehead atoms. The number of rotatable bonds is 3. The van der Waals surface area contributed by atoms with Gasteiger partial charge in [-0.15, -0.1) is 11.3 Å². The molecule has 132 valence electrons. The first-order valence-electron chi connectivity index (χ1n) is 8.37. The summed E-state index contributed by atoms with van der Waals surface area (Å²) in [4.78, 5) is 27.1. The second kappa shape index (κ2) is 6.76. The zero-order valence-corrected chi connectivity index (χ0v) is 15.1. The summed E-state index contributed by atoms with van der Waals surface area (Å²) in [5, 5.41) is 9.01. The van der Waals surface area contributed by atoms with E-state index in [1.807, 2.05) is 29.2 Å². The molecule has 0 atom stereocenters. The van der Waals surface area contributed by atoms with Crippen LogP contribution in [0.1, 0.15) is 27.7 Å². The van der Waals surface area contributed by atoms with Crippen LogP contribution >= 0.6 is 11.3 Å². The number of hydrogen-bond donors (Lipinski definition) is 1. The van der Waals surface area contributed by atoms with Crippen LogP contribution in [0.25, 0.3) is 5.69 Å². The van der Waals surface area contributed by atoms with Crippen molar-refractivity contribution in [2.75, 3.05) is 11.9 Å². The maximum atomic E-state index is 12.8. The van der Waals surface area contributed by atoms with E-state index in [1.165, 1.54) is 17.4 Å². The van der Waals surface area contributed by atoms with E-state index in [4.69, 9.17) is 0 Å². The fourth-order valence-corrected chi connectivity index (χ4v) is 3.98. The van der Waals surface area contributed by atoms with Gasteiger partial charge in [-0.25, -0.2) is 4.68 Å². The topological polar surface area (TPSA) is 67.2 Å². The van der Waals surface area contributed by atoms with Gasteiger partial charge in [-0.2, -0.15) is 5.10 Å². The molecular formula is C19H18N4O2S. The lowest BCUT2D eigenvalue weighted by atomic mass is 10.1. The number of fused-ring (bicyclic) bond motifs is 1. The van der Waals surface area contributed by atoms with Crippen molar-refractivity contribution in [2.24, 2.45) is 0 Å². The average molecular weight is 366 g/mol. The summed E-state index contributed by atoms with van der Waals surface area (Å²) in [5.41, 5.74) is 3.39. The monoisotopic (exact) mass is 366 g/mol. The maximum absolute atomic E-state index is 12.8. The van der Waals surface area contributed by atoms with Crippen molar-refractivity contribution in [3.8, 4) is 5.69 Å². The third kappa shape index (κ3) is 3.25. The van der Waals surface area contributed by atoms with Crippen LogP contribution < -0.4 is 5.32 Å². The molecule has 3 heterocycles. The van der Waals surface area contributed by atoms with Crippen molar-refractivity contribution in [2.45, 2.75) is 19.9 Å². The molecule has 0 aliphatic carbocycles. The molecule has 0 spiro atoms. The lowest BCUT2D eigenvalue weighted by Crippen LogP contribution is -2.35. The normalized spacial score (nSPS) is 13.3. The molecule has 3 aromatic rings. The van der Waals surface area contributed by atoms with E-state index >= 15 is 0 Å². The molecular weight excluding hydrogens is 348 g/mol. The second-order valence-corrected chi connectivity index (χ2v) is 7.25. The summed E-state index contributed by atoms with van der Waals surface area (Å²) in [6, 6.07) is 9.46. The number of carbonyl (C=O) groups excluding carboxylic acids is 2. The molecule has 1 aliphatic rings. The number of hydrogen-bond acceptors (Lipinski definition) is 4. The molecule has 6 nitrogen and oxygen atoms in total. The van der Waals surface area contributed by atoms with Crippen molar-refractivity contribution in [3.63, 3.8) is 0 Å². The molecule has 0 radical (unpaired) electrons. The standard InChI is InChI=1S/C19H18N4O2S/c1-13(24)21-16-10-20-23(12-16)17-4-2-14(3-5-17)19(25)22-8-6-18-15(11-22)7-9-26-18/h2-5,7,9-10,12H,6,8,11H2,1H3,(H,21,24). The van der Waals surface area contributed by atoms with Crippen molar-refractivity contribution >= 4 is 28.8 Å². The number of nitrogens with zero attached hydrogens (tertiary/aromatic N) is 3. The van der Waals surface area contributed by atoms with Gasteiger partial charge >= 0.3 is 0 Å². The van der Waals surface area contributed by atoms with Gasteiger partial charge in [-0.05, 0) is 47.7 Å². The Kier molecular flexibility index (Phi) is 4.30. The van der Waals surface area contributed by atoms with Gasteiger partial charge < -0.3 is 10.2 Å². The van der Waals surface area contributed by atoms with E-state index in [9.17, 15) is 9.59 Å². The van der Waals surface area contributed by atoms with Crippen LogP contribution in [0.4, 0.5) is 5.69 Å². The molecule has 1 aliphatic heterocycles. The van der Waals surface area contributed by atoms with E-state index in [1.54, 1.807) is 28.4 Å². The summed E-state index contributed by atoms with van der Waals surface area (Å²) >= 11 is 1.77. The molecule has 4 rings (SSSR count). The number of anilines is 1. The molecule has 1 N–H and O–H groups in total. The highest BCUT2D eigenvalue weighted by atomic mass is 32.1. The minimum absolute atomic E-state index is 0.0489. The molecule has 0 saturated heterocycles. The Hall–Kier alpha value is -2.93. The van der Waals surface area contributed by atoms with Gasteiger partial charge in [0, 0.05) is 30.5 Å². The molecule has 1 aromatic carbocycles. The number of aromatic nitrogens is 2. The van der Waals surface area contributed by atoms with Gasteiger partial charge in [0.1, 0.15) is 0 Å². The highest BCUT2D eigenvalue weighted by Crippen LogP contribution is 2.25. The Balaban J connectivity index is 1.48. The second-order valence-electron chi connectivity index (χ2n) is 6.25. The van der Waals surface area contributed by atoms with E-state index in [0.717, 1.165) is 18.7 Å². The lowest BCUT2D eigenvalue weighted by Gasteiger charge is -2.27. The molecule has 2 aromatic heterocycles. The zero-order valence-electron chi connectivity index (χ0n) is 14.3. The Bertz CT molecular complexity index is 958. The highest BCUT2D eigenvalue weighted by Gasteiger charge is 2.22. The molecule has 26 heavy (non-hydrogen) atoms. The first-order valence-corrected chi connectivity index (χ1v) is 9.25. The molecule has 0 fully saturated rings. The largest absolute Gasteiger partial charge is 0.334 e. The van der Waals surface area contributed by atoms with Crippen LogP contribution in [-0.2, 0) is 17.8 Å². The summed E-state index contributed by atoms with van der Waals surface area (Å²) in [7, 11) is 0. The summed E-state index contributed by atoms with van der Waals surface area (Å²) in [6.07, 6.45) is 4.25. The first-order chi connectivity index (χ1) is 12.6. The van der Waals surface area contributed by atoms with Gasteiger partial charge in [0.05, 0.1) is 23.8 Å². The smallest absolute Gasteiger partial charge is 0.254 e. The van der Waals surface area contributed by atoms with Crippen molar-refractivity contribution < 1.29 is 9.59 Å². The van der Waals surface area contributed by atoms with Gasteiger partial charge in [0.25, 0.3) is 5.91 Å². The van der Waals surface area contributed by atoms with Crippen LogP contribution in [0.15, 0.2) is 48.1 Å². The van der Waals surface area contributed by atoms with Crippen molar-refractivity contribution in [1.82, 2.24) is 14.7 Å². The Morgan fingerprint density at radius 3 is 2.77 bits per heavy atom. The maximum Gasteiger partial charge on any atom is 0.254 e. The van der Waals surface area contributed by atoms with Crippen LogP contribution in [-0.4, -0.2) is 33.0 Å². The van der Waals surface area contributed by atoms with Crippen LogP contribution in [0.2, 0.25) is 0 Å². The summed E-state index contributed by atoms with van der Waals surface area (Å²) in [6.45, 7) is 2.89. The van der Waals surface area contributed by atoms with Gasteiger partial charge in [-0.1, -0.05) is 0 Å². The number of benzene rings is 1.